The van der Waals surface area contributed by atoms with E-state index in [1.54, 1.807) is 0 Å². The summed E-state index contributed by atoms with van der Waals surface area (Å²) >= 11 is 0. The van der Waals surface area contributed by atoms with Crippen molar-refractivity contribution in [1.29, 1.82) is 0 Å². The van der Waals surface area contributed by atoms with Crippen LogP contribution in [0.15, 0.2) is 0 Å². The van der Waals surface area contributed by atoms with Crippen LogP contribution in [0.3, 0.4) is 0 Å². The molecule has 1 amide bonds. The highest BCUT2D eigenvalue weighted by Gasteiger charge is 2.57. The van der Waals surface area contributed by atoms with Crippen molar-refractivity contribution in [1.82, 2.24) is 5.32 Å². The lowest BCUT2D eigenvalue weighted by atomic mass is 9.95. The Morgan fingerprint density at radius 1 is 0.481 bits per heavy atom. The summed E-state index contributed by atoms with van der Waals surface area (Å²) in [6.45, 7) is -2.64. The predicted octanol–water partition coefficient (Wildman–Crippen LogP) is -10.2. The highest BCUT2D eigenvalue weighted by atomic mass is 16.8. The number of carbonyl (C=O) groups is 1. The minimum atomic E-state index is -2.09. The van der Waals surface area contributed by atoms with Crippen molar-refractivity contribution in [3.63, 3.8) is 0 Å². The average Bonchev–Trinajstić information content (AvgIpc) is 3.78. The van der Waals surface area contributed by atoms with Gasteiger partial charge in [0.15, 0.2) is 25.2 Å². The Hall–Kier alpha value is -1.41. The van der Waals surface area contributed by atoms with Gasteiger partial charge in [-0.15, -0.1) is 0 Å². The topological polar surface area (TPSA) is 386 Å². The van der Waals surface area contributed by atoms with Crippen LogP contribution < -0.4 is 5.32 Å². The fraction of sp³-hybridized carbons (Fsp3) is 0.967. The number of nitrogens with one attached hydrogen (secondary N) is 1. The van der Waals surface area contributed by atoms with Crippen LogP contribution >= 0.6 is 0 Å². The molecule has 5 rings (SSSR count). The summed E-state index contributed by atoms with van der Waals surface area (Å²) in [5, 5.41) is 147. The second kappa shape index (κ2) is 18.5. The third-order valence-corrected chi connectivity index (χ3v) is 10.1. The SMILES string of the molecule is CC(=O)NC1C(OC2C(O)C2CO)OC(CO)C(OC2OC(COC3OC(CO)C(O)C(O)C3O)C(O)C(O[C@H]3O[C@@H](CO)C(O)C(O)C3O)C2O)C1O. The minimum absolute atomic E-state index is 0.447. The van der Waals surface area contributed by atoms with Crippen molar-refractivity contribution in [2.75, 3.05) is 33.0 Å². The van der Waals surface area contributed by atoms with Crippen LogP contribution in [0.5, 0.6) is 0 Å². The summed E-state index contributed by atoms with van der Waals surface area (Å²) in [5.74, 6) is -1.37. The van der Waals surface area contributed by atoms with Gasteiger partial charge in [-0.3, -0.25) is 4.79 Å². The smallest absolute Gasteiger partial charge is 0.217 e. The first-order valence-electron chi connectivity index (χ1n) is 17.3. The Morgan fingerprint density at radius 3 is 1.50 bits per heavy atom. The van der Waals surface area contributed by atoms with Crippen molar-refractivity contribution in [3.8, 4) is 0 Å². The standard InChI is InChI=1S/C30H51NO23/c1-7(36)31-13-18(41)25(11(5-35)50-27(13)52-24-8(2-32)14(24)37)53-30-23(46)26(54-29-22(45)20(43)16(39)10(4-34)49-29)17(40)12(51-30)6-47-28-21(44)19(42)15(38)9(3-33)48-28/h8-30,32-35,37-46H,2-6H2,1H3,(H,31,36)/t8?,9?,10-,11?,12?,13?,14?,15?,16?,17?,18?,19?,20?,21?,22?,23?,24?,25?,26?,27?,28?,29+,30?/m0/s1. The number of hydrogen-bond donors (Lipinski definition) is 15. The van der Waals surface area contributed by atoms with Crippen molar-refractivity contribution >= 4 is 5.91 Å². The maximum absolute atomic E-state index is 12.1. The lowest BCUT2D eigenvalue weighted by Gasteiger charge is -2.49. The fourth-order valence-electron chi connectivity index (χ4n) is 6.81. The van der Waals surface area contributed by atoms with Gasteiger partial charge < -0.3 is 115 Å². The van der Waals surface area contributed by atoms with Crippen LogP contribution in [0, 0.1) is 5.92 Å². The molecule has 314 valence electrons. The van der Waals surface area contributed by atoms with Gasteiger partial charge in [0.25, 0.3) is 0 Å². The normalized spacial score (nSPS) is 51.1. The Kier molecular flexibility index (Phi) is 14.9. The number of hydrogen-bond acceptors (Lipinski definition) is 23. The van der Waals surface area contributed by atoms with Crippen molar-refractivity contribution in [2.45, 2.75) is 142 Å². The largest absolute Gasteiger partial charge is 0.396 e. The molecule has 0 bridgehead atoms. The molecule has 54 heavy (non-hydrogen) atoms. The van der Waals surface area contributed by atoms with Gasteiger partial charge in [0.1, 0.15) is 97.6 Å². The average molecular weight is 794 g/mol. The summed E-state index contributed by atoms with van der Waals surface area (Å²) in [4.78, 5) is 12.1. The van der Waals surface area contributed by atoms with E-state index in [1.165, 1.54) is 0 Å². The third-order valence-electron chi connectivity index (χ3n) is 10.1. The van der Waals surface area contributed by atoms with Gasteiger partial charge in [0.05, 0.1) is 45.2 Å². The van der Waals surface area contributed by atoms with E-state index in [2.05, 4.69) is 5.32 Å². The molecule has 4 saturated heterocycles. The third kappa shape index (κ3) is 9.00. The molecule has 0 spiro atoms. The lowest BCUT2D eigenvalue weighted by Crippen LogP contribution is -2.68. The number of ether oxygens (including phenoxy) is 8. The molecule has 24 nitrogen and oxygen atoms in total. The summed E-state index contributed by atoms with van der Waals surface area (Å²) in [7, 11) is 0. The van der Waals surface area contributed by atoms with Gasteiger partial charge in [-0.1, -0.05) is 0 Å². The second-order valence-corrected chi connectivity index (χ2v) is 13.8. The first-order valence-corrected chi connectivity index (χ1v) is 17.3. The van der Waals surface area contributed by atoms with E-state index in [0.29, 0.717) is 0 Å². The van der Waals surface area contributed by atoms with Crippen LogP contribution in [0.1, 0.15) is 6.92 Å². The molecule has 0 radical (unpaired) electrons. The quantitative estimate of drug-likeness (QED) is 0.0776. The number of aliphatic hydroxyl groups excluding tert-OH is 14. The van der Waals surface area contributed by atoms with E-state index in [0.717, 1.165) is 6.92 Å². The predicted molar refractivity (Wildman–Crippen MR) is 165 cm³/mol. The van der Waals surface area contributed by atoms with Gasteiger partial charge in [-0.05, 0) is 0 Å². The Bertz CT molecular complexity index is 1200. The van der Waals surface area contributed by atoms with Gasteiger partial charge in [-0.25, -0.2) is 0 Å². The summed E-state index contributed by atoms with van der Waals surface area (Å²) in [5.41, 5.74) is 0. The molecule has 0 aromatic heterocycles. The Labute approximate surface area is 306 Å². The fourth-order valence-corrected chi connectivity index (χ4v) is 6.81. The second-order valence-electron chi connectivity index (χ2n) is 13.8. The zero-order valence-corrected chi connectivity index (χ0v) is 28.7. The maximum atomic E-state index is 12.1. The Morgan fingerprint density at radius 2 is 0.963 bits per heavy atom. The van der Waals surface area contributed by atoms with E-state index >= 15 is 0 Å². The Balaban J connectivity index is 1.39. The van der Waals surface area contributed by atoms with E-state index < -0.39 is 180 Å². The first-order chi connectivity index (χ1) is 25.6. The molecule has 1 aliphatic carbocycles. The zero-order chi connectivity index (χ0) is 39.8. The van der Waals surface area contributed by atoms with E-state index in [1.807, 2.05) is 0 Å². The molecule has 23 atom stereocenters. The van der Waals surface area contributed by atoms with E-state index in [4.69, 9.17) is 37.9 Å². The monoisotopic (exact) mass is 793 g/mol. The number of amides is 1. The van der Waals surface area contributed by atoms with E-state index in [-0.39, 0.29) is 0 Å². The van der Waals surface area contributed by atoms with Gasteiger partial charge in [-0.2, -0.15) is 0 Å². The highest BCUT2D eigenvalue weighted by Crippen LogP contribution is 2.38. The molecule has 5 aliphatic rings. The molecule has 0 aromatic rings. The molecule has 1 saturated carbocycles. The summed E-state index contributed by atoms with van der Waals surface area (Å²) < 4.78 is 45.1. The van der Waals surface area contributed by atoms with Crippen LogP contribution in [-0.2, 0) is 42.7 Å². The molecular weight excluding hydrogens is 742 g/mol. The molecule has 24 heteroatoms. The maximum Gasteiger partial charge on any atom is 0.217 e. The first kappa shape index (κ1) is 43.7. The van der Waals surface area contributed by atoms with Gasteiger partial charge in [0.2, 0.25) is 5.91 Å². The van der Waals surface area contributed by atoms with Crippen LogP contribution in [-0.4, -0.2) is 245 Å². The van der Waals surface area contributed by atoms with Crippen LogP contribution in [0.25, 0.3) is 0 Å². The molecule has 15 N–H and O–H groups in total. The number of aliphatic hydroxyl groups is 14. The number of rotatable bonds is 14. The lowest BCUT2D eigenvalue weighted by molar-refractivity contribution is -0.381. The van der Waals surface area contributed by atoms with Crippen molar-refractivity contribution < 1.29 is 114 Å². The molecule has 5 fully saturated rings. The van der Waals surface area contributed by atoms with Crippen LogP contribution in [0.4, 0.5) is 0 Å². The summed E-state index contributed by atoms with van der Waals surface area (Å²) in [6, 6.07) is -1.44. The summed E-state index contributed by atoms with van der Waals surface area (Å²) in [6.07, 6.45) is -35.8. The van der Waals surface area contributed by atoms with Gasteiger partial charge >= 0.3 is 0 Å². The van der Waals surface area contributed by atoms with Crippen molar-refractivity contribution in [3.05, 3.63) is 0 Å². The molecule has 21 unspecified atom stereocenters. The van der Waals surface area contributed by atoms with Crippen molar-refractivity contribution in [2.24, 2.45) is 5.92 Å². The van der Waals surface area contributed by atoms with Gasteiger partial charge in [0, 0.05) is 12.8 Å². The minimum Gasteiger partial charge on any atom is -0.396 e. The molecule has 4 aliphatic heterocycles. The zero-order valence-electron chi connectivity index (χ0n) is 28.7. The molecular formula is C30H51NO23. The molecule has 0 aromatic carbocycles. The molecule has 4 heterocycles. The number of carbonyl (C=O) groups excluding carboxylic acids is 1. The van der Waals surface area contributed by atoms with E-state index in [9.17, 15) is 76.3 Å². The van der Waals surface area contributed by atoms with Crippen LogP contribution in [0.2, 0.25) is 0 Å². The highest BCUT2D eigenvalue weighted by molar-refractivity contribution is 5.73.